The van der Waals surface area contributed by atoms with Crippen molar-refractivity contribution in [2.24, 2.45) is 5.73 Å². The van der Waals surface area contributed by atoms with Gasteiger partial charge in [-0.05, 0) is 56.2 Å². The minimum absolute atomic E-state index is 0.306. The summed E-state index contributed by atoms with van der Waals surface area (Å²) in [4.78, 5) is 19.2. The van der Waals surface area contributed by atoms with E-state index in [4.69, 9.17) is 26.4 Å². The summed E-state index contributed by atoms with van der Waals surface area (Å²) in [5.41, 5.74) is 17.5. The monoisotopic (exact) mass is 497 g/mol. The van der Waals surface area contributed by atoms with Crippen LogP contribution in [0.2, 0.25) is 0 Å². The molecule has 6 N–H and O–H groups in total. The number of pyridine rings is 1. The van der Waals surface area contributed by atoms with Crippen molar-refractivity contribution in [2.45, 2.75) is 76.0 Å². The lowest BCUT2D eigenvalue weighted by Crippen LogP contribution is -2.33. The average Bonchev–Trinajstić information content (AvgIpc) is 3.60. The molecule has 4 aromatic rings. The molecule has 1 aromatic carbocycles. The number of anilines is 3. The van der Waals surface area contributed by atoms with Gasteiger partial charge in [-0.2, -0.15) is 9.97 Å². The fourth-order valence-corrected chi connectivity index (χ4v) is 5.60. The van der Waals surface area contributed by atoms with E-state index in [1.807, 2.05) is 42.9 Å². The van der Waals surface area contributed by atoms with Gasteiger partial charge in [-0.25, -0.2) is 4.98 Å². The Morgan fingerprint density at radius 2 is 1.73 bits per heavy atom. The van der Waals surface area contributed by atoms with Crippen molar-refractivity contribution in [3.63, 3.8) is 0 Å². The first-order valence-electron chi connectivity index (χ1n) is 13.4. The maximum Gasteiger partial charge on any atom is 0.227 e. The number of nitrogens with one attached hydrogen (secondary N) is 2. The molecule has 0 radical (unpaired) electrons. The van der Waals surface area contributed by atoms with Crippen LogP contribution in [0.25, 0.3) is 22.4 Å². The highest BCUT2D eigenvalue weighted by molar-refractivity contribution is 5.84. The van der Waals surface area contributed by atoms with Gasteiger partial charge in [0.05, 0.1) is 12.0 Å². The molecule has 0 amide bonds. The molecular formula is C28H35N9. The molecule has 2 fully saturated rings. The molecule has 0 aliphatic heterocycles. The summed E-state index contributed by atoms with van der Waals surface area (Å²) in [7, 11) is 0. The van der Waals surface area contributed by atoms with Crippen LogP contribution in [0.4, 0.5) is 17.5 Å². The van der Waals surface area contributed by atoms with Crippen LogP contribution in [-0.2, 0) is 6.54 Å². The zero-order valence-electron chi connectivity index (χ0n) is 21.1. The summed E-state index contributed by atoms with van der Waals surface area (Å²) < 4.78 is 2.25. The topological polar surface area (TPSA) is 133 Å². The smallest absolute Gasteiger partial charge is 0.227 e. The molecule has 0 bridgehead atoms. The van der Waals surface area contributed by atoms with Gasteiger partial charge in [0.2, 0.25) is 5.95 Å². The largest absolute Gasteiger partial charge is 0.398 e. The van der Waals surface area contributed by atoms with E-state index in [0.717, 1.165) is 65.2 Å². The Labute approximate surface area is 217 Å². The van der Waals surface area contributed by atoms with E-state index >= 15 is 0 Å². The standard InChI is InChI=1S/C28H35N9/c29-19-10-12-20(13-11-19)34-28-35-26(25-27(36-28)37(17-33-25)21-5-1-2-6-21)32-16-18-9-14-24(31-15-18)22-7-3-4-8-23(22)30/h3-4,7-9,14-15,17,19-21H,1-2,5-6,10-13,16,29-30H2,(H2,32,34,35,36). The van der Waals surface area contributed by atoms with Gasteiger partial charge < -0.3 is 26.7 Å². The number of benzene rings is 1. The molecule has 0 unspecified atom stereocenters. The summed E-state index contributed by atoms with van der Waals surface area (Å²) in [5, 5.41) is 7.10. The van der Waals surface area contributed by atoms with E-state index in [0.29, 0.717) is 30.6 Å². The summed E-state index contributed by atoms with van der Waals surface area (Å²) in [6.45, 7) is 0.581. The van der Waals surface area contributed by atoms with Crippen LogP contribution < -0.4 is 22.1 Å². The molecule has 37 heavy (non-hydrogen) atoms. The Morgan fingerprint density at radius 1 is 0.919 bits per heavy atom. The Hall–Kier alpha value is -3.72. The van der Waals surface area contributed by atoms with Crippen molar-refractivity contribution < 1.29 is 0 Å². The SMILES string of the molecule is Nc1ccccc1-c1ccc(CNc2nc(NC3CCC(N)CC3)nc3c2ncn3C2CCCC2)cn1. The van der Waals surface area contributed by atoms with Crippen LogP contribution in [0.1, 0.15) is 63.0 Å². The maximum atomic E-state index is 6.13. The van der Waals surface area contributed by atoms with Crippen molar-refractivity contribution in [1.82, 2.24) is 24.5 Å². The van der Waals surface area contributed by atoms with Crippen LogP contribution in [0, 0.1) is 0 Å². The Morgan fingerprint density at radius 3 is 2.49 bits per heavy atom. The minimum Gasteiger partial charge on any atom is -0.398 e. The zero-order valence-corrected chi connectivity index (χ0v) is 21.1. The minimum atomic E-state index is 0.306. The summed E-state index contributed by atoms with van der Waals surface area (Å²) >= 11 is 0. The van der Waals surface area contributed by atoms with Crippen molar-refractivity contribution >= 4 is 28.6 Å². The fourth-order valence-electron chi connectivity index (χ4n) is 5.60. The van der Waals surface area contributed by atoms with E-state index in [1.54, 1.807) is 0 Å². The van der Waals surface area contributed by atoms with Crippen LogP contribution in [0.5, 0.6) is 0 Å². The molecule has 0 atom stereocenters. The van der Waals surface area contributed by atoms with Crippen LogP contribution >= 0.6 is 0 Å². The fraction of sp³-hybridized carbons (Fsp3) is 0.429. The first kappa shape index (κ1) is 23.7. The number of fused-ring (bicyclic) bond motifs is 1. The number of aromatic nitrogens is 5. The maximum absolute atomic E-state index is 6.13. The van der Waals surface area contributed by atoms with Gasteiger partial charge in [0, 0.05) is 42.1 Å². The van der Waals surface area contributed by atoms with Crippen LogP contribution in [-0.4, -0.2) is 36.6 Å². The normalized spacial score (nSPS) is 20.4. The number of imidazole rings is 1. The second-order valence-corrected chi connectivity index (χ2v) is 10.4. The molecule has 3 heterocycles. The van der Waals surface area contributed by atoms with Gasteiger partial charge in [-0.15, -0.1) is 0 Å². The summed E-state index contributed by atoms with van der Waals surface area (Å²) in [5.74, 6) is 1.40. The second kappa shape index (κ2) is 10.3. The summed E-state index contributed by atoms with van der Waals surface area (Å²) in [6.07, 6.45) is 12.8. The van der Waals surface area contributed by atoms with Gasteiger partial charge in [0.25, 0.3) is 0 Å². The van der Waals surface area contributed by atoms with Crippen molar-refractivity contribution in [3.8, 4) is 11.3 Å². The van der Waals surface area contributed by atoms with Gasteiger partial charge in [-0.1, -0.05) is 37.1 Å². The lowest BCUT2D eigenvalue weighted by Gasteiger charge is -2.27. The molecule has 2 aliphatic carbocycles. The second-order valence-electron chi connectivity index (χ2n) is 10.4. The summed E-state index contributed by atoms with van der Waals surface area (Å²) in [6, 6.07) is 13.0. The molecule has 9 nitrogen and oxygen atoms in total. The molecule has 3 aromatic heterocycles. The molecular weight excluding hydrogens is 462 g/mol. The quantitative estimate of drug-likeness (QED) is 0.266. The van der Waals surface area contributed by atoms with Crippen molar-refractivity contribution in [3.05, 3.63) is 54.5 Å². The molecule has 0 spiro atoms. The number of nitrogens with two attached hydrogens (primary N) is 2. The highest BCUT2D eigenvalue weighted by Crippen LogP contribution is 2.33. The third kappa shape index (κ3) is 5.09. The van der Waals surface area contributed by atoms with Gasteiger partial charge in [0.1, 0.15) is 0 Å². The number of rotatable bonds is 7. The molecule has 9 heteroatoms. The predicted octanol–water partition coefficient (Wildman–Crippen LogP) is 4.88. The molecule has 6 rings (SSSR count). The van der Waals surface area contributed by atoms with E-state index in [-0.39, 0.29) is 0 Å². The first-order chi connectivity index (χ1) is 18.1. The van der Waals surface area contributed by atoms with Crippen LogP contribution in [0.3, 0.4) is 0 Å². The number of para-hydroxylation sites is 1. The highest BCUT2D eigenvalue weighted by atomic mass is 15.2. The number of nitrogen functional groups attached to an aromatic ring is 1. The van der Waals surface area contributed by atoms with E-state index in [9.17, 15) is 0 Å². The first-order valence-corrected chi connectivity index (χ1v) is 13.4. The van der Waals surface area contributed by atoms with Gasteiger partial charge in [-0.3, -0.25) is 4.98 Å². The van der Waals surface area contributed by atoms with Gasteiger partial charge >= 0.3 is 0 Å². The lowest BCUT2D eigenvalue weighted by atomic mass is 9.92. The lowest BCUT2D eigenvalue weighted by molar-refractivity contribution is 0.410. The van der Waals surface area contributed by atoms with Crippen molar-refractivity contribution in [1.29, 1.82) is 0 Å². The van der Waals surface area contributed by atoms with E-state index in [1.165, 1.54) is 25.7 Å². The van der Waals surface area contributed by atoms with E-state index < -0.39 is 0 Å². The third-order valence-corrected chi connectivity index (χ3v) is 7.77. The van der Waals surface area contributed by atoms with Gasteiger partial charge in [0.15, 0.2) is 17.0 Å². The zero-order chi connectivity index (χ0) is 25.2. The Kier molecular flexibility index (Phi) is 6.61. The average molecular weight is 498 g/mol. The number of hydrogen-bond acceptors (Lipinski definition) is 8. The molecule has 192 valence electrons. The molecule has 2 aliphatic rings. The van der Waals surface area contributed by atoms with Crippen molar-refractivity contribution in [2.75, 3.05) is 16.4 Å². The van der Waals surface area contributed by atoms with E-state index in [2.05, 4.69) is 26.3 Å². The number of nitrogens with zero attached hydrogens (tertiary/aromatic N) is 5. The Bertz CT molecular complexity index is 1350. The number of hydrogen-bond donors (Lipinski definition) is 4. The molecule has 0 saturated heterocycles. The molecule has 2 saturated carbocycles. The third-order valence-electron chi connectivity index (χ3n) is 7.77. The van der Waals surface area contributed by atoms with Crippen LogP contribution in [0.15, 0.2) is 48.9 Å². The predicted molar refractivity (Wildman–Crippen MR) is 148 cm³/mol. The highest BCUT2D eigenvalue weighted by Gasteiger charge is 2.24. The Balaban J connectivity index is 1.25.